The number of hydrazine groups is 1. The van der Waals surface area contributed by atoms with Gasteiger partial charge in [0, 0.05) is 44.1 Å². The van der Waals surface area contributed by atoms with Gasteiger partial charge in [-0.15, -0.1) is 0 Å². The Bertz CT molecular complexity index is 666. The third-order valence-corrected chi connectivity index (χ3v) is 4.30. The number of benzene rings is 1. The second-order valence-electron chi connectivity index (χ2n) is 6.00. The van der Waals surface area contributed by atoms with Crippen LogP contribution in [-0.4, -0.2) is 35.8 Å². The second-order valence-corrected chi connectivity index (χ2v) is 6.00. The van der Waals surface area contributed by atoms with E-state index in [9.17, 15) is 14.0 Å². The quantitative estimate of drug-likeness (QED) is 0.843. The predicted molar refractivity (Wildman–Crippen MR) is 80.2 cm³/mol. The Morgan fingerprint density at radius 3 is 2.68 bits per heavy atom. The number of carbonyl (C=O) groups is 2. The maximum atomic E-state index is 13.5. The second kappa shape index (κ2) is 5.65. The maximum absolute atomic E-state index is 13.5. The average molecular weight is 302 g/mol. The third kappa shape index (κ3) is 2.46. The third-order valence-electron chi connectivity index (χ3n) is 4.30. The summed E-state index contributed by atoms with van der Waals surface area (Å²) < 4.78 is 13.5. The maximum Gasteiger partial charge on any atom is 0.242 e. The van der Waals surface area contributed by atoms with Crippen LogP contribution in [0, 0.1) is 5.82 Å². The molecule has 2 aliphatic rings. The number of Topliss-reactive ketones (excluding diaryl/α,β-unsaturated/α-hetero) is 1. The number of carbonyl (C=O) groups excluding carboxylic acids is 2. The van der Waals surface area contributed by atoms with Gasteiger partial charge >= 0.3 is 0 Å². The van der Waals surface area contributed by atoms with Crippen LogP contribution >= 0.6 is 0 Å². The topological polar surface area (TPSA) is 40.6 Å². The van der Waals surface area contributed by atoms with E-state index in [0.717, 1.165) is 12.1 Å². The summed E-state index contributed by atoms with van der Waals surface area (Å²) in [5.74, 6) is -0.643. The van der Waals surface area contributed by atoms with Crippen LogP contribution in [0.25, 0.3) is 0 Å². The van der Waals surface area contributed by atoms with Crippen LogP contribution in [0.2, 0.25) is 0 Å². The van der Waals surface area contributed by atoms with Crippen molar-refractivity contribution in [1.82, 2.24) is 10.0 Å². The molecule has 0 saturated heterocycles. The van der Waals surface area contributed by atoms with Crippen LogP contribution < -0.4 is 0 Å². The summed E-state index contributed by atoms with van der Waals surface area (Å²) >= 11 is 0. The Kier molecular flexibility index (Phi) is 3.83. The number of allylic oxidation sites excluding steroid dienone is 2. The Hall–Kier alpha value is -2.01. The molecule has 0 bridgehead atoms. The van der Waals surface area contributed by atoms with Crippen LogP contribution in [0.3, 0.4) is 0 Å². The molecule has 1 aliphatic heterocycles. The summed E-state index contributed by atoms with van der Waals surface area (Å²) in [6.45, 7) is 0. The predicted octanol–water partition coefficient (Wildman–Crippen LogP) is 2.63. The molecule has 0 unspecified atom stereocenters. The smallest absolute Gasteiger partial charge is 0.242 e. The Morgan fingerprint density at radius 1 is 1.23 bits per heavy atom. The number of halogens is 1. The molecule has 1 amide bonds. The molecule has 1 aliphatic carbocycles. The summed E-state index contributed by atoms with van der Waals surface area (Å²) in [6.07, 6.45) is 2.16. The van der Waals surface area contributed by atoms with Gasteiger partial charge in [-0.3, -0.25) is 9.59 Å². The molecular weight excluding hydrogens is 283 g/mol. The van der Waals surface area contributed by atoms with Gasteiger partial charge in [0.15, 0.2) is 5.78 Å². The number of ketones is 1. The minimum atomic E-state index is -0.342. The van der Waals surface area contributed by atoms with Gasteiger partial charge in [0.25, 0.3) is 0 Å². The van der Waals surface area contributed by atoms with E-state index in [4.69, 9.17) is 0 Å². The summed E-state index contributed by atoms with van der Waals surface area (Å²) in [4.78, 5) is 25.0. The van der Waals surface area contributed by atoms with Crippen molar-refractivity contribution < 1.29 is 14.0 Å². The number of hydrogen-bond donors (Lipinski definition) is 0. The van der Waals surface area contributed by atoms with Crippen molar-refractivity contribution in [3.05, 3.63) is 46.9 Å². The van der Waals surface area contributed by atoms with E-state index in [1.807, 2.05) is 0 Å². The Balaban J connectivity index is 2.13. The van der Waals surface area contributed by atoms with Crippen molar-refractivity contribution in [2.75, 3.05) is 14.1 Å². The van der Waals surface area contributed by atoms with Crippen molar-refractivity contribution in [3.63, 3.8) is 0 Å². The molecule has 1 heterocycles. The molecule has 5 heteroatoms. The lowest BCUT2D eigenvalue weighted by atomic mass is 9.77. The molecule has 0 saturated carbocycles. The van der Waals surface area contributed by atoms with Crippen LogP contribution in [0.4, 0.5) is 4.39 Å². The zero-order valence-electron chi connectivity index (χ0n) is 12.8. The number of hydrogen-bond acceptors (Lipinski definition) is 3. The highest BCUT2D eigenvalue weighted by molar-refractivity contribution is 6.01. The number of nitrogens with zero attached hydrogens (tertiary/aromatic N) is 2. The van der Waals surface area contributed by atoms with E-state index in [0.29, 0.717) is 24.0 Å². The van der Waals surface area contributed by atoms with Crippen molar-refractivity contribution in [1.29, 1.82) is 0 Å². The van der Waals surface area contributed by atoms with Gasteiger partial charge in [-0.25, -0.2) is 14.4 Å². The van der Waals surface area contributed by atoms with Gasteiger partial charge in [-0.1, -0.05) is 12.1 Å². The minimum Gasteiger partial charge on any atom is -0.294 e. The average Bonchev–Trinajstić information content (AvgIpc) is 2.46. The monoisotopic (exact) mass is 302 g/mol. The first-order valence-electron chi connectivity index (χ1n) is 7.51. The summed E-state index contributed by atoms with van der Waals surface area (Å²) in [5, 5.41) is 3.32. The SMILES string of the molecule is CN(C)N1C(=O)C[C@@H](c2cccc(F)c2)C2=C1CCCC2=O. The van der Waals surface area contributed by atoms with E-state index in [1.54, 1.807) is 36.2 Å². The van der Waals surface area contributed by atoms with Gasteiger partial charge in [-0.2, -0.15) is 0 Å². The number of rotatable bonds is 2. The largest absolute Gasteiger partial charge is 0.294 e. The molecule has 116 valence electrons. The Morgan fingerprint density at radius 2 is 2.00 bits per heavy atom. The number of amides is 1. The highest BCUT2D eigenvalue weighted by Crippen LogP contribution is 2.41. The molecule has 0 radical (unpaired) electrons. The lowest BCUT2D eigenvalue weighted by Gasteiger charge is -2.41. The van der Waals surface area contributed by atoms with Crippen molar-refractivity contribution in [2.45, 2.75) is 31.6 Å². The first kappa shape index (κ1) is 14.9. The van der Waals surface area contributed by atoms with Gasteiger partial charge in [0.1, 0.15) is 5.82 Å². The van der Waals surface area contributed by atoms with Crippen LogP contribution in [-0.2, 0) is 9.59 Å². The first-order valence-corrected chi connectivity index (χ1v) is 7.51. The zero-order chi connectivity index (χ0) is 15.9. The molecule has 3 rings (SSSR count). The lowest BCUT2D eigenvalue weighted by molar-refractivity contribution is -0.143. The van der Waals surface area contributed by atoms with Crippen molar-refractivity contribution in [3.8, 4) is 0 Å². The lowest BCUT2D eigenvalue weighted by Crippen LogP contribution is -2.47. The van der Waals surface area contributed by atoms with Gasteiger partial charge in [0.05, 0.1) is 0 Å². The molecule has 0 aromatic heterocycles. The molecule has 0 fully saturated rings. The highest BCUT2D eigenvalue weighted by Gasteiger charge is 2.39. The van der Waals surface area contributed by atoms with Crippen LogP contribution in [0.5, 0.6) is 0 Å². The van der Waals surface area contributed by atoms with Crippen molar-refractivity contribution >= 4 is 11.7 Å². The van der Waals surface area contributed by atoms with E-state index in [1.165, 1.54) is 12.1 Å². The summed E-state index contributed by atoms with van der Waals surface area (Å²) in [7, 11) is 3.59. The Labute approximate surface area is 129 Å². The van der Waals surface area contributed by atoms with Gasteiger partial charge < -0.3 is 0 Å². The van der Waals surface area contributed by atoms with E-state index in [2.05, 4.69) is 0 Å². The first-order chi connectivity index (χ1) is 10.5. The van der Waals surface area contributed by atoms with E-state index in [-0.39, 0.29) is 29.8 Å². The van der Waals surface area contributed by atoms with E-state index < -0.39 is 0 Å². The molecule has 0 N–H and O–H groups in total. The fraction of sp³-hybridized carbons (Fsp3) is 0.412. The van der Waals surface area contributed by atoms with Crippen LogP contribution in [0.15, 0.2) is 35.5 Å². The normalized spacial score (nSPS) is 22.4. The fourth-order valence-electron chi connectivity index (χ4n) is 3.45. The van der Waals surface area contributed by atoms with E-state index >= 15 is 0 Å². The van der Waals surface area contributed by atoms with Crippen molar-refractivity contribution in [2.24, 2.45) is 0 Å². The molecule has 4 nitrogen and oxygen atoms in total. The molecule has 1 aromatic rings. The van der Waals surface area contributed by atoms with Crippen LogP contribution in [0.1, 0.15) is 37.2 Å². The summed E-state index contributed by atoms with van der Waals surface area (Å²) in [6, 6.07) is 6.22. The molecule has 22 heavy (non-hydrogen) atoms. The molecule has 1 aromatic carbocycles. The van der Waals surface area contributed by atoms with Gasteiger partial charge in [-0.05, 0) is 30.5 Å². The molecular formula is C17H19FN2O2. The fourth-order valence-corrected chi connectivity index (χ4v) is 3.45. The standard InChI is InChI=1S/C17H19FN2O2/c1-19(2)20-14-7-4-8-15(21)17(14)13(10-16(20)22)11-5-3-6-12(18)9-11/h3,5-6,9,13H,4,7-8,10H2,1-2H3/t13-/m0/s1. The minimum absolute atomic E-state index is 0.0484. The molecule has 0 spiro atoms. The summed E-state index contributed by atoms with van der Waals surface area (Å²) in [5.41, 5.74) is 2.17. The highest BCUT2D eigenvalue weighted by atomic mass is 19.1. The molecule has 1 atom stereocenters. The van der Waals surface area contributed by atoms with Gasteiger partial charge in [0.2, 0.25) is 5.91 Å². The zero-order valence-corrected chi connectivity index (χ0v) is 12.8.